The molecule has 0 aliphatic carbocycles. The molecule has 3 nitrogen and oxygen atoms in total. The highest BCUT2D eigenvalue weighted by Gasteiger charge is 2.23. The number of nitrogens with one attached hydrogen (secondary N) is 1. The number of aryl methyl sites for hydroxylation is 1. The van der Waals surface area contributed by atoms with Crippen molar-refractivity contribution in [1.82, 2.24) is 5.32 Å². The van der Waals surface area contributed by atoms with Gasteiger partial charge in [0.1, 0.15) is 6.29 Å². The summed E-state index contributed by atoms with van der Waals surface area (Å²) >= 11 is 0. The Bertz CT molecular complexity index is 841. The van der Waals surface area contributed by atoms with Crippen LogP contribution in [0.1, 0.15) is 60.1 Å². The molecule has 2 aromatic carbocycles. The van der Waals surface area contributed by atoms with Crippen molar-refractivity contribution < 1.29 is 4.79 Å². The van der Waals surface area contributed by atoms with Crippen molar-refractivity contribution in [2.24, 2.45) is 0 Å². The predicted octanol–water partition coefficient (Wildman–Crippen LogP) is 5.89. The van der Waals surface area contributed by atoms with Crippen LogP contribution >= 0.6 is 0 Å². The van der Waals surface area contributed by atoms with Crippen LogP contribution in [0.3, 0.4) is 0 Å². The van der Waals surface area contributed by atoms with Gasteiger partial charge in [-0.15, -0.1) is 0 Å². The van der Waals surface area contributed by atoms with Crippen LogP contribution in [0.5, 0.6) is 0 Å². The lowest BCUT2D eigenvalue weighted by Crippen LogP contribution is -2.37. The molecular formula is C27H34N2O. The molecule has 2 aromatic rings. The molecule has 158 valence electrons. The fourth-order valence-electron chi connectivity index (χ4n) is 4.06. The smallest absolute Gasteiger partial charge is 0.150 e. The zero-order valence-electron chi connectivity index (χ0n) is 18.1. The summed E-state index contributed by atoms with van der Waals surface area (Å²) in [6.07, 6.45) is 15.2. The first kappa shape index (κ1) is 22.0. The minimum Gasteiger partial charge on any atom is -0.363 e. The van der Waals surface area contributed by atoms with Crippen LogP contribution in [-0.2, 0) is 6.42 Å². The second-order valence-corrected chi connectivity index (χ2v) is 7.89. The van der Waals surface area contributed by atoms with E-state index in [1.54, 1.807) is 0 Å². The van der Waals surface area contributed by atoms with Gasteiger partial charge in [-0.05, 0) is 36.5 Å². The molecule has 3 rings (SSSR count). The summed E-state index contributed by atoms with van der Waals surface area (Å²) in [6.45, 7) is 4.85. The van der Waals surface area contributed by atoms with Crippen molar-refractivity contribution >= 4 is 12.0 Å². The largest absolute Gasteiger partial charge is 0.363 e. The topological polar surface area (TPSA) is 32.3 Å². The minimum absolute atomic E-state index is 0.206. The highest BCUT2D eigenvalue weighted by atomic mass is 16.1. The number of aldehydes is 1. The van der Waals surface area contributed by atoms with Gasteiger partial charge in [0.05, 0.1) is 6.04 Å². The van der Waals surface area contributed by atoms with Crippen molar-refractivity contribution in [2.75, 3.05) is 24.5 Å². The monoisotopic (exact) mass is 402 g/mol. The SMILES string of the molecule is CCCCCc1ccc(C=O)cc1N1CC/C=C\C=C/CNCC1c1ccccc1. The van der Waals surface area contributed by atoms with Crippen molar-refractivity contribution in [3.63, 3.8) is 0 Å². The lowest BCUT2D eigenvalue weighted by atomic mass is 9.98. The molecule has 1 N–H and O–H groups in total. The molecule has 0 aromatic heterocycles. The Kier molecular flexibility index (Phi) is 8.92. The average molecular weight is 403 g/mol. The van der Waals surface area contributed by atoms with Gasteiger partial charge in [0.2, 0.25) is 0 Å². The van der Waals surface area contributed by atoms with Crippen LogP contribution in [0.2, 0.25) is 0 Å². The standard InChI is InChI=1S/C27H34N2O/c1-2-3-8-13-25-17-16-23(22-30)20-26(25)29-19-12-6-4-5-11-18-28-21-27(29)24-14-9-7-10-15-24/h4-7,9-11,14-17,20,22,27-28H,2-3,8,12-13,18-19,21H2,1H3/b6-4-,11-5-. The first-order chi connectivity index (χ1) is 14.8. The number of unbranched alkanes of at least 4 members (excludes halogenated alkanes) is 2. The van der Waals surface area contributed by atoms with Crippen LogP contribution in [0.25, 0.3) is 0 Å². The quantitative estimate of drug-likeness (QED) is 0.463. The van der Waals surface area contributed by atoms with Gasteiger partial charge in [-0.3, -0.25) is 4.79 Å². The number of carbonyl (C=O) groups is 1. The number of rotatable bonds is 7. The van der Waals surface area contributed by atoms with E-state index in [2.05, 4.69) is 83.9 Å². The minimum atomic E-state index is 0.206. The van der Waals surface area contributed by atoms with Gasteiger partial charge in [-0.1, -0.05) is 86.5 Å². The van der Waals surface area contributed by atoms with E-state index < -0.39 is 0 Å². The summed E-state index contributed by atoms with van der Waals surface area (Å²) in [5.74, 6) is 0. The molecule has 30 heavy (non-hydrogen) atoms. The van der Waals surface area contributed by atoms with E-state index in [0.717, 1.165) is 44.3 Å². The van der Waals surface area contributed by atoms with E-state index in [0.29, 0.717) is 0 Å². The van der Waals surface area contributed by atoms with Crippen LogP contribution in [0.15, 0.2) is 72.8 Å². The van der Waals surface area contributed by atoms with E-state index in [1.165, 1.54) is 36.1 Å². The van der Waals surface area contributed by atoms with Crippen LogP contribution in [0.4, 0.5) is 5.69 Å². The van der Waals surface area contributed by atoms with Crippen LogP contribution < -0.4 is 10.2 Å². The maximum Gasteiger partial charge on any atom is 0.150 e. The highest BCUT2D eigenvalue weighted by Crippen LogP contribution is 2.32. The average Bonchev–Trinajstić information content (AvgIpc) is 2.85. The third-order valence-corrected chi connectivity index (χ3v) is 5.68. The Labute approximate surface area is 181 Å². The van der Waals surface area contributed by atoms with E-state index in [1.807, 2.05) is 6.07 Å². The molecule has 1 unspecified atom stereocenters. The molecule has 0 saturated carbocycles. The molecule has 0 saturated heterocycles. The molecule has 3 heteroatoms. The van der Waals surface area contributed by atoms with Crippen molar-refractivity contribution in [1.29, 1.82) is 0 Å². The van der Waals surface area contributed by atoms with Gasteiger partial charge in [-0.25, -0.2) is 0 Å². The zero-order valence-corrected chi connectivity index (χ0v) is 18.1. The number of nitrogens with zero attached hydrogens (tertiary/aromatic N) is 1. The molecule has 1 aliphatic heterocycles. The van der Waals surface area contributed by atoms with Gasteiger partial charge in [0.25, 0.3) is 0 Å². The Balaban J connectivity index is 2.02. The summed E-state index contributed by atoms with van der Waals surface area (Å²) in [4.78, 5) is 14.1. The summed E-state index contributed by atoms with van der Waals surface area (Å²) < 4.78 is 0. The van der Waals surface area contributed by atoms with Gasteiger partial charge >= 0.3 is 0 Å². The lowest BCUT2D eigenvalue weighted by molar-refractivity contribution is 0.112. The number of anilines is 1. The van der Waals surface area contributed by atoms with Crippen molar-refractivity contribution in [3.05, 3.63) is 89.5 Å². The van der Waals surface area contributed by atoms with Gasteiger partial charge in [0.15, 0.2) is 0 Å². The highest BCUT2D eigenvalue weighted by molar-refractivity contribution is 5.78. The Hall–Kier alpha value is -2.65. The summed E-state index contributed by atoms with van der Waals surface area (Å²) in [7, 11) is 0. The van der Waals surface area contributed by atoms with Crippen molar-refractivity contribution in [3.8, 4) is 0 Å². The molecule has 1 aliphatic rings. The van der Waals surface area contributed by atoms with Gasteiger partial charge in [0, 0.05) is 30.9 Å². The molecule has 0 radical (unpaired) electrons. The lowest BCUT2D eigenvalue weighted by Gasteiger charge is -2.36. The molecule has 0 amide bonds. The second-order valence-electron chi connectivity index (χ2n) is 7.89. The Morgan fingerprint density at radius 2 is 1.90 bits per heavy atom. The van der Waals surface area contributed by atoms with Gasteiger partial charge in [-0.2, -0.15) is 0 Å². The van der Waals surface area contributed by atoms with Crippen LogP contribution in [-0.4, -0.2) is 25.9 Å². The fraction of sp³-hybridized carbons (Fsp3) is 0.370. The Morgan fingerprint density at radius 3 is 2.70 bits per heavy atom. The molecule has 1 heterocycles. The maximum atomic E-state index is 11.6. The van der Waals surface area contributed by atoms with E-state index >= 15 is 0 Å². The normalized spacial score (nSPS) is 19.6. The number of hydrogen-bond donors (Lipinski definition) is 1. The first-order valence-electron chi connectivity index (χ1n) is 11.3. The summed E-state index contributed by atoms with van der Waals surface area (Å²) in [6, 6.07) is 17.1. The fourth-order valence-corrected chi connectivity index (χ4v) is 4.06. The number of allylic oxidation sites excluding steroid dienone is 2. The predicted molar refractivity (Wildman–Crippen MR) is 127 cm³/mol. The van der Waals surface area contributed by atoms with E-state index in [9.17, 15) is 4.79 Å². The number of benzene rings is 2. The third kappa shape index (κ3) is 6.17. The van der Waals surface area contributed by atoms with Gasteiger partial charge < -0.3 is 10.2 Å². The van der Waals surface area contributed by atoms with E-state index in [-0.39, 0.29) is 6.04 Å². The molecule has 0 spiro atoms. The van der Waals surface area contributed by atoms with Crippen molar-refractivity contribution in [2.45, 2.75) is 45.1 Å². The number of carbonyl (C=O) groups excluding carboxylic acids is 1. The maximum absolute atomic E-state index is 11.6. The molecular weight excluding hydrogens is 368 g/mol. The first-order valence-corrected chi connectivity index (χ1v) is 11.3. The summed E-state index contributed by atoms with van der Waals surface area (Å²) in [5.41, 5.74) is 4.59. The second kappa shape index (κ2) is 12.1. The van der Waals surface area contributed by atoms with Crippen LogP contribution in [0, 0.1) is 0 Å². The molecule has 0 fully saturated rings. The Morgan fingerprint density at radius 1 is 1.07 bits per heavy atom. The third-order valence-electron chi connectivity index (χ3n) is 5.68. The zero-order chi connectivity index (χ0) is 21.0. The molecule has 1 atom stereocenters. The molecule has 0 bridgehead atoms. The number of hydrogen-bond acceptors (Lipinski definition) is 3. The van der Waals surface area contributed by atoms with E-state index in [4.69, 9.17) is 0 Å². The summed E-state index contributed by atoms with van der Waals surface area (Å²) in [5, 5.41) is 3.60.